The molecule has 24 heavy (non-hydrogen) atoms. The van der Waals surface area contributed by atoms with E-state index in [1.54, 1.807) is 12.5 Å². The van der Waals surface area contributed by atoms with E-state index in [1.807, 2.05) is 39.8 Å². The predicted molar refractivity (Wildman–Crippen MR) is 94.0 cm³/mol. The molecule has 0 saturated heterocycles. The summed E-state index contributed by atoms with van der Waals surface area (Å²) in [5.74, 6) is 0. The molecule has 7 heteroatoms. The zero-order valence-corrected chi connectivity index (χ0v) is 13.9. The molecule has 0 bridgehead atoms. The van der Waals surface area contributed by atoms with Gasteiger partial charge < -0.3 is 15.2 Å². The molecule has 2 heterocycles. The van der Waals surface area contributed by atoms with Gasteiger partial charge in [-0.1, -0.05) is 0 Å². The highest BCUT2D eigenvalue weighted by atomic mass is 16.2. The summed E-state index contributed by atoms with van der Waals surface area (Å²) in [6.45, 7) is 5.61. The molecule has 1 aromatic carbocycles. The highest BCUT2D eigenvalue weighted by Crippen LogP contribution is 2.21. The lowest BCUT2D eigenvalue weighted by Gasteiger charge is -2.10. The summed E-state index contributed by atoms with van der Waals surface area (Å²) in [7, 11) is 0. The van der Waals surface area contributed by atoms with Crippen molar-refractivity contribution < 1.29 is 4.79 Å². The Kier molecular flexibility index (Phi) is 4.79. The largest absolute Gasteiger partial charge is 0.338 e. The lowest BCUT2D eigenvalue weighted by molar-refractivity contribution is 0.252. The Morgan fingerprint density at radius 3 is 2.96 bits per heavy atom. The van der Waals surface area contributed by atoms with Gasteiger partial charge in [-0.3, -0.25) is 4.68 Å². The first-order chi connectivity index (χ1) is 11.6. The van der Waals surface area contributed by atoms with Crippen LogP contribution in [0.3, 0.4) is 0 Å². The van der Waals surface area contributed by atoms with Gasteiger partial charge in [-0.15, -0.1) is 0 Å². The van der Waals surface area contributed by atoms with Crippen LogP contribution in [0.25, 0.3) is 10.9 Å². The Morgan fingerprint density at radius 2 is 2.21 bits per heavy atom. The van der Waals surface area contributed by atoms with Gasteiger partial charge in [0.2, 0.25) is 0 Å². The summed E-state index contributed by atoms with van der Waals surface area (Å²) in [5.41, 5.74) is 1.78. The highest BCUT2D eigenvalue weighted by molar-refractivity contribution is 5.92. The third-order valence-electron chi connectivity index (χ3n) is 3.78. The monoisotopic (exact) mass is 326 g/mol. The molecule has 0 saturated carbocycles. The zero-order chi connectivity index (χ0) is 16.9. The van der Waals surface area contributed by atoms with Gasteiger partial charge in [-0.05, 0) is 38.5 Å². The summed E-state index contributed by atoms with van der Waals surface area (Å²) in [5, 5.41) is 11.2. The van der Waals surface area contributed by atoms with Crippen LogP contribution in [0.2, 0.25) is 0 Å². The second-order valence-electron chi connectivity index (χ2n) is 5.99. The minimum absolute atomic E-state index is 0.199. The number of carbonyl (C=O) groups is 1. The number of fused-ring (bicyclic) bond motifs is 1. The lowest BCUT2D eigenvalue weighted by Crippen LogP contribution is -2.30. The average Bonchev–Trinajstić information content (AvgIpc) is 3.20. The first kappa shape index (κ1) is 16.0. The van der Waals surface area contributed by atoms with Crippen molar-refractivity contribution in [3.8, 4) is 0 Å². The third-order valence-corrected chi connectivity index (χ3v) is 3.78. The normalized spacial score (nSPS) is 11.1. The van der Waals surface area contributed by atoms with Crippen molar-refractivity contribution in [2.45, 2.75) is 32.9 Å². The molecule has 2 N–H and O–H groups in total. The maximum atomic E-state index is 12.0. The van der Waals surface area contributed by atoms with Crippen LogP contribution < -0.4 is 10.6 Å². The van der Waals surface area contributed by atoms with E-state index in [1.165, 1.54) is 0 Å². The van der Waals surface area contributed by atoms with Gasteiger partial charge in [-0.2, -0.15) is 5.10 Å². The molecule has 0 aliphatic rings. The number of hydrogen-bond acceptors (Lipinski definition) is 3. The third kappa shape index (κ3) is 3.73. The van der Waals surface area contributed by atoms with Crippen LogP contribution >= 0.6 is 0 Å². The number of hydrogen-bond donors (Lipinski definition) is 2. The average molecular weight is 326 g/mol. The fraction of sp³-hybridized carbons (Fsp3) is 0.353. The Bertz CT molecular complexity index is 806. The van der Waals surface area contributed by atoms with Crippen molar-refractivity contribution in [1.82, 2.24) is 24.6 Å². The van der Waals surface area contributed by atoms with E-state index in [2.05, 4.69) is 34.6 Å². The molecule has 0 fully saturated rings. The Morgan fingerprint density at radius 1 is 1.33 bits per heavy atom. The van der Waals surface area contributed by atoms with E-state index in [-0.39, 0.29) is 12.1 Å². The van der Waals surface area contributed by atoms with Gasteiger partial charge in [-0.25, -0.2) is 9.78 Å². The minimum atomic E-state index is -0.199. The van der Waals surface area contributed by atoms with Crippen LogP contribution in [0.15, 0.2) is 43.1 Å². The predicted octanol–water partition coefficient (Wildman–Crippen LogP) is 3.03. The van der Waals surface area contributed by atoms with Crippen molar-refractivity contribution in [3.63, 3.8) is 0 Å². The molecule has 0 unspecified atom stereocenters. The first-order valence-corrected chi connectivity index (χ1v) is 8.11. The number of nitrogens with zero attached hydrogens (tertiary/aromatic N) is 4. The maximum Gasteiger partial charge on any atom is 0.319 e. The summed E-state index contributed by atoms with van der Waals surface area (Å²) < 4.78 is 3.93. The van der Waals surface area contributed by atoms with E-state index < -0.39 is 0 Å². The number of urea groups is 1. The smallest absolute Gasteiger partial charge is 0.319 e. The van der Waals surface area contributed by atoms with Gasteiger partial charge >= 0.3 is 6.03 Å². The van der Waals surface area contributed by atoms with Crippen molar-refractivity contribution >= 4 is 22.6 Å². The number of carbonyl (C=O) groups excluding carboxylic acids is 1. The zero-order valence-electron chi connectivity index (χ0n) is 13.9. The lowest BCUT2D eigenvalue weighted by atomic mass is 10.2. The van der Waals surface area contributed by atoms with Crippen LogP contribution in [0.1, 0.15) is 26.3 Å². The molecule has 7 nitrogen and oxygen atoms in total. The van der Waals surface area contributed by atoms with Crippen LogP contribution in [0.4, 0.5) is 10.5 Å². The standard InChI is InChI=1S/C17H22N6O/c1-13(2)23-16-10-15(5-4-14(16)11-20-23)21-17(24)19-6-3-8-22-9-7-18-12-22/h4-5,7,9-13H,3,6,8H2,1-2H3,(H2,19,21,24). The second-order valence-corrected chi connectivity index (χ2v) is 5.99. The van der Waals surface area contributed by atoms with Gasteiger partial charge in [0.15, 0.2) is 0 Å². The van der Waals surface area contributed by atoms with Crippen molar-refractivity contribution in [3.05, 3.63) is 43.1 Å². The van der Waals surface area contributed by atoms with Crippen LogP contribution in [-0.4, -0.2) is 31.9 Å². The number of rotatable bonds is 6. The molecule has 0 spiro atoms. The molecule has 0 aliphatic carbocycles. The van der Waals surface area contributed by atoms with E-state index in [0.29, 0.717) is 6.54 Å². The summed E-state index contributed by atoms with van der Waals surface area (Å²) in [6, 6.07) is 5.88. The second kappa shape index (κ2) is 7.16. The quantitative estimate of drug-likeness (QED) is 0.684. The first-order valence-electron chi connectivity index (χ1n) is 8.11. The van der Waals surface area contributed by atoms with Gasteiger partial charge in [0, 0.05) is 42.6 Å². The maximum absolute atomic E-state index is 12.0. The Hall–Kier alpha value is -2.83. The fourth-order valence-corrected chi connectivity index (χ4v) is 2.58. The van der Waals surface area contributed by atoms with E-state index in [9.17, 15) is 4.79 Å². The molecule has 3 rings (SSSR count). The van der Waals surface area contributed by atoms with E-state index >= 15 is 0 Å². The number of aromatic nitrogens is 4. The minimum Gasteiger partial charge on any atom is -0.338 e. The highest BCUT2D eigenvalue weighted by Gasteiger charge is 2.08. The van der Waals surface area contributed by atoms with E-state index in [0.717, 1.165) is 29.6 Å². The Labute approximate surface area is 140 Å². The van der Waals surface area contributed by atoms with E-state index in [4.69, 9.17) is 0 Å². The van der Waals surface area contributed by atoms with Crippen LogP contribution in [0.5, 0.6) is 0 Å². The number of aryl methyl sites for hydroxylation is 1. The fourth-order valence-electron chi connectivity index (χ4n) is 2.58. The topological polar surface area (TPSA) is 76.8 Å². The molecule has 3 aromatic rings. The number of imidazole rings is 1. The number of anilines is 1. The molecule has 0 aliphatic heterocycles. The molecule has 0 radical (unpaired) electrons. The molecular formula is C17H22N6O. The SMILES string of the molecule is CC(C)n1ncc2ccc(NC(=O)NCCCn3ccnc3)cc21. The van der Waals surface area contributed by atoms with Crippen molar-refractivity contribution in [2.75, 3.05) is 11.9 Å². The van der Waals surface area contributed by atoms with Crippen LogP contribution in [-0.2, 0) is 6.54 Å². The molecule has 126 valence electrons. The van der Waals surface area contributed by atoms with Gasteiger partial charge in [0.05, 0.1) is 18.0 Å². The molecule has 2 aromatic heterocycles. The van der Waals surface area contributed by atoms with Gasteiger partial charge in [0.1, 0.15) is 0 Å². The molecule has 2 amide bonds. The number of benzene rings is 1. The number of nitrogens with one attached hydrogen (secondary N) is 2. The van der Waals surface area contributed by atoms with Crippen LogP contribution in [0, 0.1) is 0 Å². The molecular weight excluding hydrogens is 304 g/mol. The van der Waals surface area contributed by atoms with Crippen molar-refractivity contribution in [1.29, 1.82) is 0 Å². The summed E-state index contributed by atoms with van der Waals surface area (Å²) in [6.07, 6.45) is 8.12. The molecule has 0 atom stereocenters. The summed E-state index contributed by atoms with van der Waals surface area (Å²) >= 11 is 0. The van der Waals surface area contributed by atoms with Gasteiger partial charge in [0.25, 0.3) is 0 Å². The van der Waals surface area contributed by atoms with Crippen molar-refractivity contribution in [2.24, 2.45) is 0 Å². The summed E-state index contributed by atoms with van der Waals surface area (Å²) in [4.78, 5) is 16.0. The number of amides is 2. The Balaban J connectivity index is 1.54.